The average Bonchev–Trinajstić information content (AvgIpc) is 2.29. The van der Waals surface area contributed by atoms with E-state index in [9.17, 15) is 0 Å². The van der Waals surface area contributed by atoms with Crippen LogP contribution in [0.3, 0.4) is 0 Å². The maximum Gasteiger partial charge on any atom is 0.122 e. The predicted octanol–water partition coefficient (Wildman–Crippen LogP) is 4.92. The Morgan fingerprint density at radius 1 is 1.29 bits per heavy atom. The summed E-state index contributed by atoms with van der Waals surface area (Å²) in [5.74, 6) is 1.58. The van der Waals surface area contributed by atoms with Gasteiger partial charge in [-0.05, 0) is 36.0 Å². The summed E-state index contributed by atoms with van der Waals surface area (Å²) in [6.07, 6.45) is 3.45. The minimum Gasteiger partial charge on any atom is -0.496 e. The molecule has 17 heavy (non-hydrogen) atoms. The fourth-order valence-corrected chi connectivity index (χ4v) is 2.78. The molecule has 0 spiro atoms. The van der Waals surface area contributed by atoms with Crippen LogP contribution < -0.4 is 4.74 Å². The summed E-state index contributed by atoms with van der Waals surface area (Å²) in [5, 5.41) is 0. The molecule has 1 atom stereocenters. The normalized spacial score (nSPS) is 12.8. The van der Waals surface area contributed by atoms with E-state index in [1.807, 2.05) is 0 Å². The minimum absolute atomic E-state index is 0.545. The molecule has 0 amide bonds. The Balaban J connectivity index is 2.89. The van der Waals surface area contributed by atoms with Crippen molar-refractivity contribution < 1.29 is 4.74 Å². The second kappa shape index (κ2) is 7.05. The first-order valence-corrected chi connectivity index (χ1v) is 7.30. The van der Waals surface area contributed by atoms with Gasteiger partial charge in [-0.3, -0.25) is 0 Å². The zero-order valence-electron chi connectivity index (χ0n) is 11.3. The Labute approximate surface area is 114 Å². The molecule has 1 nitrogen and oxygen atoms in total. The largest absolute Gasteiger partial charge is 0.496 e. The lowest BCUT2D eigenvalue weighted by Crippen LogP contribution is -2.05. The fraction of sp³-hybridized carbons (Fsp3) is 0.600. The Morgan fingerprint density at radius 3 is 2.53 bits per heavy atom. The molecule has 0 aromatic heterocycles. The molecular weight excluding hydrogens is 276 g/mol. The Hall–Kier alpha value is -0.500. The van der Waals surface area contributed by atoms with Crippen LogP contribution >= 0.6 is 15.9 Å². The molecule has 0 heterocycles. The first-order chi connectivity index (χ1) is 8.08. The molecule has 2 heteroatoms. The van der Waals surface area contributed by atoms with Crippen molar-refractivity contribution in [3.05, 3.63) is 29.3 Å². The van der Waals surface area contributed by atoms with Crippen LogP contribution in [-0.2, 0) is 6.42 Å². The van der Waals surface area contributed by atoms with Crippen LogP contribution in [0.15, 0.2) is 18.2 Å². The van der Waals surface area contributed by atoms with E-state index in [1.165, 1.54) is 24.0 Å². The van der Waals surface area contributed by atoms with Gasteiger partial charge >= 0.3 is 0 Å². The topological polar surface area (TPSA) is 9.23 Å². The van der Waals surface area contributed by atoms with Crippen molar-refractivity contribution in [1.29, 1.82) is 0 Å². The van der Waals surface area contributed by atoms with Crippen molar-refractivity contribution in [2.24, 2.45) is 0 Å². The van der Waals surface area contributed by atoms with Gasteiger partial charge in [-0.2, -0.15) is 0 Å². The van der Waals surface area contributed by atoms with E-state index in [0.29, 0.717) is 10.7 Å². The number of hydrogen-bond acceptors (Lipinski definition) is 1. The van der Waals surface area contributed by atoms with E-state index < -0.39 is 0 Å². The van der Waals surface area contributed by atoms with E-state index in [-0.39, 0.29) is 0 Å². The standard InChI is InChI=1S/C15H23BrO/c1-5-6-14(16)10-13-9-12(11(2)3)7-8-15(13)17-4/h7-9,11,14H,5-6,10H2,1-4H3. The van der Waals surface area contributed by atoms with Crippen molar-refractivity contribution in [2.45, 2.75) is 50.8 Å². The van der Waals surface area contributed by atoms with E-state index in [1.54, 1.807) is 7.11 Å². The molecule has 0 saturated heterocycles. The lowest BCUT2D eigenvalue weighted by molar-refractivity contribution is 0.409. The van der Waals surface area contributed by atoms with Crippen molar-refractivity contribution in [1.82, 2.24) is 0 Å². The number of hydrogen-bond donors (Lipinski definition) is 0. The van der Waals surface area contributed by atoms with Gasteiger partial charge in [-0.1, -0.05) is 55.3 Å². The van der Waals surface area contributed by atoms with Crippen LogP contribution in [0.25, 0.3) is 0 Å². The molecule has 0 aliphatic carbocycles. The summed E-state index contributed by atoms with van der Waals surface area (Å²) in [6, 6.07) is 6.54. The van der Waals surface area contributed by atoms with Gasteiger partial charge in [0.1, 0.15) is 5.75 Å². The van der Waals surface area contributed by atoms with Crippen molar-refractivity contribution in [3.8, 4) is 5.75 Å². The van der Waals surface area contributed by atoms with Gasteiger partial charge in [0.25, 0.3) is 0 Å². The molecule has 0 saturated carbocycles. The highest BCUT2D eigenvalue weighted by atomic mass is 79.9. The molecule has 1 rings (SSSR count). The molecule has 1 aromatic rings. The number of rotatable bonds is 6. The van der Waals surface area contributed by atoms with E-state index >= 15 is 0 Å². The third-order valence-electron chi connectivity index (χ3n) is 3.01. The second-order valence-electron chi connectivity index (χ2n) is 4.82. The minimum atomic E-state index is 0.545. The van der Waals surface area contributed by atoms with Gasteiger partial charge in [0, 0.05) is 4.83 Å². The number of benzene rings is 1. The smallest absolute Gasteiger partial charge is 0.122 e. The summed E-state index contributed by atoms with van der Waals surface area (Å²) in [5.41, 5.74) is 2.70. The van der Waals surface area contributed by atoms with E-state index in [2.05, 4.69) is 54.9 Å². The highest BCUT2D eigenvalue weighted by molar-refractivity contribution is 9.09. The van der Waals surface area contributed by atoms with Crippen LogP contribution in [0.4, 0.5) is 0 Å². The second-order valence-corrected chi connectivity index (χ2v) is 6.11. The predicted molar refractivity (Wildman–Crippen MR) is 78.4 cm³/mol. The van der Waals surface area contributed by atoms with Crippen molar-refractivity contribution in [2.75, 3.05) is 7.11 Å². The quantitative estimate of drug-likeness (QED) is 0.677. The Kier molecular flexibility index (Phi) is 6.04. The molecule has 1 aromatic carbocycles. The molecule has 96 valence electrons. The first-order valence-electron chi connectivity index (χ1n) is 6.39. The van der Waals surface area contributed by atoms with Gasteiger partial charge in [0.2, 0.25) is 0 Å². The third kappa shape index (κ3) is 4.34. The molecule has 0 aliphatic heterocycles. The zero-order chi connectivity index (χ0) is 12.8. The number of ether oxygens (including phenoxy) is 1. The van der Waals surface area contributed by atoms with Gasteiger partial charge in [-0.25, -0.2) is 0 Å². The van der Waals surface area contributed by atoms with Crippen LogP contribution in [0, 0.1) is 0 Å². The monoisotopic (exact) mass is 298 g/mol. The lowest BCUT2D eigenvalue weighted by atomic mass is 9.97. The van der Waals surface area contributed by atoms with Gasteiger partial charge in [-0.15, -0.1) is 0 Å². The van der Waals surface area contributed by atoms with Crippen LogP contribution in [0.2, 0.25) is 0 Å². The Bertz CT molecular complexity index is 347. The highest BCUT2D eigenvalue weighted by Crippen LogP contribution is 2.27. The molecule has 0 fully saturated rings. The van der Waals surface area contributed by atoms with Crippen LogP contribution in [0.5, 0.6) is 5.75 Å². The maximum atomic E-state index is 5.44. The van der Waals surface area contributed by atoms with Gasteiger partial charge in [0.15, 0.2) is 0 Å². The highest BCUT2D eigenvalue weighted by Gasteiger charge is 2.11. The third-order valence-corrected chi connectivity index (χ3v) is 3.80. The molecular formula is C15H23BrO. The van der Waals surface area contributed by atoms with Crippen molar-refractivity contribution >= 4 is 15.9 Å². The molecule has 0 radical (unpaired) electrons. The zero-order valence-corrected chi connectivity index (χ0v) is 12.9. The summed E-state index contributed by atoms with van der Waals surface area (Å²) in [4.78, 5) is 0.545. The summed E-state index contributed by atoms with van der Waals surface area (Å²) >= 11 is 3.74. The fourth-order valence-electron chi connectivity index (χ4n) is 1.97. The lowest BCUT2D eigenvalue weighted by Gasteiger charge is -2.15. The number of alkyl halides is 1. The number of halogens is 1. The summed E-state index contributed by atoms with van der Waals surface area (Å²) in [6.45, 7) is 6.67. The summed E-state index contributed by atoms with van der Waals surface area (Å²) in [7, 11) is 1.75. The molecule has 0 aliphatic rings. The summed E-state index contributed by atoms with van der Waals surface area (Å²) < 4.78 is 5.44. The van der Waals surface area contributed by atoms with E-state index in [4.69, 9.17) is 4.74 Å². The van der Waals surface area contributed by atoms with Gasteiger partial charge < -0.3 is 4.74 Å². The van der Waals surface area contributed by atoms with Crippen LogP contribution in [-0.4, -0.2) is 11.9 Å². The molecule has 0 bridgehead atoms. The Morgan fingerprint density at radius 2 is 2.00 bits per heavy atom. The van der Waals surface area contributed by atoms with Gasteiger partial charge in [0.05, 0.1) is 7.11 Å². The maximum absolute atomic E-state index is 5.44. The SMILES string of the molecule is CCCC(Br)Cc1cc(C(C)C)ccc1OC. The van der Waals surface area contributed by atoms with Crippen LogP contribution in [0.1, 0.15) is 50.7 Å². The van der Waals surface area contributed by atoms with E-state index in [0.717, 1.165) is 12.2 Å². The number of methoxy groups -OCH3 is 1. The average molecular weight is 299 g/mol. The molecule has 1 unspecified atom stereocenters. The molecule has 0 N–H and O–H groups in total. The first kappa shape index (κ1) is 14.6. The van der Waals surface area contributed by atoms with Crippen molar-refractivity contribution in [3.63, 3.8) is 0 Å².